The summed E-state index contributed by atoms with van der Waals surface area (Å²) in [5.41, 5.74) is 7.03. The van der Waals surface area contributed by atoms with Crippen LogP contribution in [0.25, 0.3) is 21.9 Å². The molecule has 1 saturated heterocycles. The molecule has 34 heavy (non-hydrogen) atoms. The number of amides is 1. The van der Waals surface area contributed by atoms with Gasteiger partial charge in [0.25, 0.3) is 5.91 Å². The molecule has 0 bridgehead atoms. The minimum absolute atomic E-state index is 0. The van der Waals surface area contributed by atoms with E-state index in [4.69, 9.17) is 21.1 Å². The first-order valence-electron chi connectivity index (χ1n) is 14.5. The molecular weight excluding hydrogens is 450 g/mol. The minimum Gasteiger partial charge on any atom is -0.451 e. The van der Waals surface area contributed by atoms with Gasteiger partial charge in [0.15, 0.2) is 5.76 Å². The van der Waals surface area contributed by atoms with E-state index >= 15 is 0 Å². The molecule has 1 fully saturated rings. The van der Waals surface area contributed by atoms with Crippen molar-refractivity contribution in [1.82, 2.24) is 9.88 Å². The van der Waals surface area contributed by atoms with Crippen LogP contribution in [-0.4, -0.2) is 48.5 Å². The number of fused-ring (bicyclic) bond motifs is 2. The SMILES string of the molecule is Cl.[2H]C([2H])(c1c[nH]c2ccc(C#N)cc12)C([2H])([2H])C([2H])([2H])C([2H])([2H])N1CCN(c2ccc3oc(C(N)=O)cc3c2)CC1. The average Bonchev–Trinajstić information content (AvgIpc) is 3.56. The lowest BCUT2D eigenvalue weighted by Crippen LogP contribution is -2.46. The van der Waals surface area contributed by atoms with Crippen LogP contribution < -0.4 is 10.6 Å². The third-order valence-electron chi connectivity index (χ3n) is 5.67. The van der Waals surface area contributed by atoms with Crippen LogP contribution >= 0.6 is 12.4 Å². The van der Waals surface area contributed by atoms with E-state index in [2.05, 4.69) is 4.98 Å². The van der Waals surface area contributed by atoms with E-state index in [9.17, 15) is 10.1 Å². The second kappa shape index (κ2) is 10.2. The van der Waals surface area contributed by atoms with Gasteiger partial charge in [-0.25, -0.2) is 0 Å². The van der Waals surface area contributed by atoms with Gasteiger partial charge in [0.05, 0.1) is 11.6 Å². The third-order valence-corrected chi connectivity index (χ3v) is 5.67. The molecule has 1 amide bonds. The molecule has 5 rings (SSSR count). The lowest BCUT2D eigenvalue weighted by atomic mass is 10.1. The van der Waals surface area contributed by atoms with Crippen LogP contribution in [0.15, 0.2) is 53.1 Å². The standard InChI is InChI=1S/C26H27N5O2.ClH/c27-16-18-4-6-23-22(13-18)19(17-29-23)3-1-2-8-30-9-11-31(12-10-30)21-5-7-24-20(14-21)15-25(33-24)26(28)32;/h4-7,13-15,17,29H,1-3,8-12H2,(H2,28,32);1H/i1D2,2D2,3D2,8D2;. The molecule has 3 heterocycles. The summed E-state index contributed by atoms with van der Waals surface area (Å²) >= 11 is 0. The van der Waals surface area contributed by atoms with Crippen molar-refractivity contribution in [2.75, 3.05) is 37.6 Å². The maximum atomic E-state index is 11.4. The summed E-state index contributed by atoms with van der Waals surface area (Å²) in [6, 6.07) is 13.3. The number of primary amides is 1. The minimum atomic E-state index is -3.33. The number of hydrogen-bond acceptors (Lipinski definition) is 5. The summed E-state index contributed by atoms with van der Waals surface area (Å²) in [6.45, 7) is -2.22. The molecule has 0 saturated carbocycles. The van der Waals surface area contributed by atoms with Gasteiger partial charge < -0.3 is 20.0 Å². The quantitative estimate of drug-likeness (QED) is 0.402. The van der Waals surface area contributed by atoms with E-state index < -0.39 is 31.5 Å². The summed E-state index contributed by atoms with van der Waals surface area (Å²) in [5, 5.41) is 10.1. The lowest BCUT2D eigenvalue weighted by Gasteiger charge is -2.36. The number of benzene rings is 2. The van der Waals surface area contributed by atoms with E-state index in [0.29, 0.717) is 16.5 Å². The van der Waals surface area contributed by atoms with Gasteiger partial charge in [0, 0.05) is 65.3 Å². The van der Waals surface area contributed by atoms with Gasteiger partial charge >= 0.3 is 0 Å². The third kappa shape index (κ3) is 4.89. The largest absolute Gasteiger partial charge is 0.451 e. The fourth-order valence-corrected chi connectivity index (χ4v) is 3.92. The number of aromatic amines is 1. The molecule has 0 spiro atoms. The predicted octanol–water partition coefficient (Wildman–Crippen LogP) is 4.45. The second-order valence-corrected chi connectivity index (χ2v) is 7.73. The number of carbonyl (C=O) groups excluding carboxylic acids is 1. The Bertz CT molecular complexity index is 1690. The monoisotopic (exact) mass is 485 g/mol. The number of nitrogens with zero attached hydrogens (tertiary/aromatic N) is 3. The highest BCUT2D eigenvalue weighted by molar-refractivity contribution is 5.95. The molecule has 0 aliphatic carbocycles. The first-order valence-corrected chi connectivity index (χ1v) is 10.5. The van der Waals surface area contributed by atoms with E-state index in [1.54, 1.807) is 24.3 Å². The van der Waals surface area contributed by atoms with E-state index in [1.807, 2.05) is 11.0 Å². The molecule has 8 heteroatoms. The second-order valence-electron chi connectivity index (χ2n) is 7.73. The summed E-state index contributed by atoms with van der Waals surface area (Å²) in [5.74, 6) is -0.654. The van der Waals surface area contributed by atoms with Crippen LogP contribution in [0.1, 0.15) is 45.4 Å². The number of halogens is 1. The van der Waals surface area contributed by atoms with E-state index in [-0.39, 0.29) is 60.9 Å². The van der Waals surface area contributed by atoms with Gasteiger partial charge in [0.2, 0.25) is 0 Å². The van der Waals surface area contributed by atoms with Gasteiger partial charge in [-0.15, -0.1) is 12.4 Å². The van der Waals surface area contributed by atoms with Crippen LogP contribution in [0, 0.1) is 11.3 Å². The number of aryl methyl sites for hydroxylation is 1. The number of furan rings is 1. The van der Waals surface area contributed by atoms with Gasteiger partial charge in [-0.05, 0) is 73.6 Å². The van der Waals surface area contributed by atoms with Crippen molar-refractivity contribution in [3.63, 3.8) is 0 Å². The van der Waals surface area contributed by atoms with Crippen molar-refractivity contribution in [3.8, 4) is 6.07 Å². The van der Waals surface area contributed by atoms with E-state index in [1.165, 1.54) is 29.3 Å². The number of rotatable bonds is 7. The Morgan fingerprint density at radius 2 is 1.97 bits per heavy atom. The first kappa shape index (κ1) is 15.4. The zero-order chi connectivity index (χ0) is 30.0. The summed E-state index contributed by atoms with van der Waals surface area (Å²) in [7, 11) is 0. The smallest absolute Gasteiger partial charge is 0.284 e. The molecule has 176 valence electrons. The zero-order valence-corrected chi connectivity index (χ0v) is 18.9. The van der Waals surface area contributed by atoms with E-state index in [0.717, 1.165) is 5.69 Å². The van der Waals surface area contributed by atoms with Crippen molar-refractivity contribution in [3.05, 3.63) is 65.5 Å². The number of anilines is 1. The van der Waals surface area contributed by atoms with Gasteiger partial charge in [-0.2, -0.15) is 5.26 Å². The summed E-state index contributed by atoms with van der Waals surface area (Å²) in [6.07, 6.45) is -8.37. The summed E-state index contributed by atoms with van der Waals surface area (Å²) < 4.78 is 74.9. The number of nitriles is 1. The molecule has 1 aliphatic heterocycles. The van der Waals surface area contributed by atoms with Crippen molar-refractivity contribution in [1.29, 1.82) is 5.26 Å². The van der Waals surface area contributed by atoms with Crippen LogP contribution in [0.3, 0.4) is 0 Å². The normalized spacial score (nSPS) is 19.4. The van der Waals surface area contributed by atoms with Crippen molar-refractivity contribution < 1.29 is 20.2 Å². The molecule has 4 aromatic rings. The van der Waals surface area contributed by atoms with Crippen LogP contribution in [0.2, 0.25) is 0 Å². The number of piperazine rings is 1. The molecule has 0 radical (unpaired) electrons. The first-order chi connectivity index (χ1) is 19.1. The molecule has 2 aromatic carbocycles. The number of carbonyl (C=O) groups is 1. The molecule has 0 atom stereocenters. The molecular formula is C26H28ClN5O2. The molecule has 2 aromatic heterocycles. The maximum Gasteiger partial charge on any atom is 0.284 e. The Balaban J connectivity index is 0.00000405. The average molecular weight is 486 g/mol. The van der Waals surface area contributed by atoms with Gasteiger partial charge in [0.1, 0.15) is 5.58 Å². The Labute approximate surface area is 215 Å². The van der Waals surface area contributed by atoms with Gasteiger partial charge in [-0.3, -0.25) is 9.69 Å². The van der Waals surface area contributed by atoms with Crippen LogP contribution in [0.4, 0.5) is 5.69 Å². The predicted molar refractivity (Wildman–Crippen MR) is 137 cm³/mol. The van der Waals surface area contributed by atoms with Crippen molar-refractivity contribution in [2.45, 2.75) is 19.1 Å². The molecule has 1 aliphatic rings. The van der Waals surface area contributed by atoms with Gasteiger partial charge in [-0.1, -0.05) is 0 Å². The Hall–Kier alpha value is -3.47. The topological polar surface area (TPSA) is 102 Å². The maximum absolute atomic E-state index is 11.4. The fraction of sp³-hybridized carbons (Fsp3) is 0.308. The number of nitrogens with two attached hydrogens (primary N) is 1. The molecule has 3 N–H and O–H groups in total. The number of aromatic nitrogens is 1. The number of nitrogens with one attached hydrogen (secondary N) is 1. The number of hydrogen-bond donors (Lipinski definition) is 2. The highest BCUT2D eigenvalue weighted by Gasteiger charge is 2.18. The molecule has 0 unspecified atom stereocenters. The fourth-order valence-electron chi connectivity index (χ4n) is 3.92. The van der Waals surface area contributed by atoms with Crippen LogP contribution in [0.5, 0.6) is 0 Å². The van der Waals surface area contributed by atoms with Crippen LogP contribution in [-0.2, 0) is 6.37 Å². The van der Waals surface area contributed by atoms with Crippen molar-refractivity contribution in [2.24, 2.45) is 5.73 Å². The summed E-state index contributed by atoms with van der Waals surface area (Å²) in [4.78, 5) is 17.4. The Kier molecular flexibility index (Phi) is 4.63. The Morgan fingerprint density at radius 1 is 1.15 bits per heavy atom. The molecule has 7 nitrogen and oxygen atoms in total. The number of H-pyrrole nitrogens is 1. The Morgan fingerprint density at radius 3 is 2.74 bits per heavy atom. The lowest BCUT2D eigenvalue weighted by molar-refractivity contribution is 0.0976. The highest BCUT2D eigenvalue weighted by Crippen LogP contribution is 2.26. The van der Waals surface area contributed by atoms with Crippen molar-refractivity contribution >= 4 is 45.9 Å². The zero-order valence-electron chi connectivity index (χ0n) is 26.1. The highest BCUT2D eigenvalue weighted by atomic mass is 35.5.